The van der Waals surface area contributed by atoms with Crippen LogP contribution in [-0.4, -0.2) is 11.3 Å². The minimum atomic E-state index is -4.41. The lowest BCUT2D eigenvalue weighted by atomic mass is 10.1. The fraction of sp³-hybridized carbons (Fsp3) is 0.467. The molecule has 0 amide bonds. The van der Waals surface area contributed by atoms with E-state index in [1.165, 1.54) is 11.3 Å². The van der Waals surface area contributed by atoms with Crippen LogP contribution in [0.2, 0.25) is 0 Å². The molecule has 0 radical (unpaired) electrons. The number of hydrogen-bond acceptors (Lipinski definition) is 4. The molecule has 0 fully saturated rings. The summed E-state index contributed by atoms with van der Waals surface area (Å²) in [7, 11) is 0. The van der Waals surface area contributed by atoms with Crippen molar-refractivity contribution in [2.75, 3.05) is 0 Å². The van der Waals surface area contributed by atoms with Gasteiger partial charge < -0.3 is 0 Å². The Morgan fingerprint density at radius 2 is 2.09 bits per heavy atom. The van der Waals surface area contributed by atoms with Gasteiger partial charge in [0.1, 0.15) is 0 Å². The quantitative estimate of drug-likeness (QED) is 0.432. The van der Waals surface area contributed by atoms with Crippen LogP contribution in [0.4, 0.5) is 13.2 Å². The number of rotatable bonds is 8. The van der Waals surface area contributed by atoms with E-state index in [2.05, 4.69) is 0 Å². The molecule has 0 spiro atoms. The summed E-state index contributed by atoms with van der Waals surface area (Å²) in [5.41, 5.74) is -4.34. The number of nitrogens with zero attached hydrogens (tertiary/aromatic N) is 1. The van der Waals surface area contributed by atoms with Gasteiger partial charge in [-0.1, -0.05) is 19.4 Å². The number of Topliss-reactive ketones (excluding diaryl/α,β-unsaturated/α-hetero) is 1. The predicted molar refractivity (Wildman–Crippen MR) is 83.7 cm³/mol. The van der Waals surface area contributed by atoms with Crippen LogP contribution in [0.25, 0.3) is 0 Å². The number of nitriles is 1. The molecular formula is C15H16F3NOS2. The minimum absolute atomic E-state index is 0.0378. The Balaban J connectivity index is 2.81. The van der Waals surface area contributed by atoms with Crippen molar-refractivity contribution < 1.29 is 18.0 Å². The normalized spacial score (nSPS) is 12.7. The Bertz CT molecular complexity index is 556. The minimum Gasteiger partial charge on any atom is -0.293 e. The molecule has 0 saturated heterocycles. The third-order valence-corrected chi connectivity index (χ3v) is 4.71. The molecular weight excluding hydrogens is 331 g/mol. The number of allylic oxidation sites excluding steroid dienone is 2. The van der Waals surface area contributed by atoms with Crippen molar-refractivity contribution in [2.24, 2.45) is 0 Å². The fourth-order valence-corrected chi connectivity index (χ4v) is 3.29. The van der Waals surface area contributed by atoms with Gasteiger partial charge in [0.15, 0.2) is 5.78 Å². The number of carbonyl (C=O) groups is 1. The number of hydrogen-bond donors (Lipinski definition) is 0. The number of thiophene rings is 1. The van der Waals surface area contributed by atoms with Crippen molar-refractivity contribution in [3.63, 3.8) is 0 Å². The molecule has 1 rings (SSSR count). The van der Waals surface area contributed by atoms with E-state index in [-0.39, 0.29) is 47.3 Å². The van der Waals surface area contributed by atoms with Gasteiger partial charge in [0.25, 0.3) is 0 Å². The van der Waals surface area contributed by atoms with Crippen molar-refractivity contribution in [1.82, 2.24) is 0 Å². The van der Waals surface area contributed by atoms with Gasteiger partial charge in [-0.3, -0.25) is 4.79 Å². The van der Waals surface area contributed by atoms with Crippen LogP contribution in [0, 0.1) is 11.3 Å². The maximum Gasteiger partial charge on any atom is 0.446 e. The van der Waals surface area contributed by atoms with E-state index in [0.29, 0.717) is 11.3 Å². The van der Waals surface area contributed by atoms with E-state index < -0.39 is 5.51 Å². The lowest BCUT2D eigenvalue weighted by molar-refractivity contribution is -0.0322. The predicted octanol–water partition coefficient (Wildman–Crippen LogP) is 5.93. The zero-order chi connectivity index (χ0) is 16.6. The van der Waals surface area contributed by atoms with Gasteiger partial charge in [-0.05, 0) is 42.5 Å². The summed E-state index contributed by atoms with van der Waals surface area (Å²) in [6.45, 7) is 1.88. The molecule has 0 atom stereocenters. The molecule has 1 heterocycles. The SMILES string of the molecule is CCCC/C(SC(F)(F)F)=C(\C#N)CCC(=O)c1cccs1. The van der Waals surface area contributed by atoms with Crippen LogP contribution in [-0.2, 0) is 0 Å². The molecule has 0 aliphatic rings. The van der Waals surface area contributed by atoms with E-state index >= 15 is 0 Å². The van der Waals surface area contributed by atoms with Gasteiger partial charge in [-0.15, -0.1) is 11.3 Å². The first-order valence-corrected chi connectivity index (χ1v) is 8.51. The molecule has 7 heteroatoms. The lowest BCUT2D eigenvalue weighted by Gasteiger charge is -2.12. The monoisotopic (exact) mass is 347 g/mol. The summed E-state index contributed by atoms with van der Waals surface area (Å²) < 4.78 is 37.8. The zero-order valence-electron chi connectivity index (χ0n) is 12.1. The molecule has 1 aromatic heterocycles. The van der Waals surface area contributed by atoms with Crippen LogP contribution < -0.4 is 0 Å². The summed E-state index contributed by atoms with van der Waals surface area (Å²) in [6.07, 6.45) is 1.65. The summed E-state index contributed by atoms with van der Waals surface area (Å²) in [5.74, 6) is -0.144. The summed E-state index contributed by atoms with van der Waals surface area (Å²) >= 11 is 1.06. The molecule has 1 aromatic rings. The molecule has 0 saturated carbocycles. The van der Waals surface area contributed by atoms with Gasteiger partial charge in [0.2, 0.25) is 0 Å². The van der Waals surface area contributed by atoms with Crippen LogP contribution >= 0.6 is 23.1 Å². The maximum atomic E-state index is 12.6. The lowest BCUT2D eigenvalue weighted by Crippen LogP contribution is -2.04. The Morgan fingerprint density at radius 3 is 2.59 bits per heavy atom. The molecule has 22 heavy (non-hydrogen) atoms. The van der Waals surface area contributed by atoms with Crippen LogP contribution in [0.1, 0.15) is 48.7 Å². The van der Waals surface area contributed by atoms with Crippen molar-refractivity contribution >= 4 is 28.9 Å². The van der Waals surface area contributed by atoms with Gasteiger partial charge >= 0.3 is 5.51 Å². The van der Waals surface area contributed by atoms with Gasteiger partial charge in [0.05, 0.1) is 10.9 Å². The molecule has 2 nitrogen and oxygen atoms in total. The molecule has 0 bridgehead atoms. The molecule has 0 aliphatic carbocycles. The highest BCUT2D eigenvalue weighted by Crippen LogP contribution is 2.40. The Morgan fingerprint density at radius 1 is 1.36 bits per heavy atom. The molecule has 0 unspecified atom stereocenters. The maximum absolute atomic E-state index is 12.6. The second-order valence-electron chi connectivity index (χ2n) is 4.57. The number of unbranched alkanes of at least 4 members (excludes halogenated alkanes) is 1. The van der Waals surface area contributed by atoms with Crippen LogP contribution in [0.5, 0.6) is 0 Å². The third kappa shape index (κ3) is 6.67. The second kappa shape index (κ2) is 9.01. The highest BCUT2D eigenvalue weighted by Gasteiger charge is 2.31. The van der Waals surface area contributed by atoms with Gasteiger partial charge in [0, 0.05) is 16.9 Å². The molecule has 0 N–H and O–H groups in total. The average molecular weight is 347 g/mol. The highest BCUT2D eigenvalue weighted by atomic mass is 32.2. The van der Waals surface area contributed by atoms with Crippen LogP contribution in [0.15, 0.2) is 28.0 Å². The zero-order valence-corrected chi connectivity index (χ0v) is 13.7. The highest BCUT2D eigenvalue weighted by molar-refractivity contribution is 8.03. The summed E-state index contributed by atoms with van der Waals surface area (Å²) in [4.78, 5) is 12.5. The van der Waals surface area contributed by atoms with Crippen LogP contribution in [0.3, 0.4) is 0 Å². The van der Waals surface area contributed by atoms with Crippen molar-refractivity contribution in [3.8, 4) is 6.07 Å². The Hall–Kier alpha value is -1.26. The smallest absolute Gasteiger partial charge is 0.293 e. The van der Waals surface area contributed by atoms with Gasteiger partial charge in [-0.2, -0.15) is 18.4 Å². The number of alkyl halides is 3. The first-order chi connectivity index (χ1) is 10.4. The number of ketones is 1. The van der Waals surface area contributed by atoms with E-state index in [4.69, 9.17) is 5.26 Å². The largest absolute Gasteiger partial charge is 0.446 e. The standard InChI is InChI=1S/C15H16F3NOS2/c1-2-3-5-13(22-15(16,17)18)11(10-19)7-8-12(20)14-6-4-9-21-14/h4,6,9H,2-3,5,7-8H2,1H3/b13-11+. The third-order valence-electron chi connectivity index (χ3n) is 2.87. The summed E-state index contributed by atoms with van der Waals surface area (Å²) in [6, 6.07) is 5.26. The fourth-order valence-electron chi connectivity index (χ4n) is 1.80. The number of thioether (sulfide) groups is 1. The topological polar surface area (TPSA) is 40.9 Å². The number of carbonyl (C=O) groups excluding carboxylic acids is 1. The Kier molecular flexibility index (Phi) is 7.69. The molecule has 0 aromatic carbocycles. The van der Waals surface area contributed by atoms with E-state index in [0.717, 1.165) is 6.42 Å². The first kappa shape index (κ1) is 18.8. The van der Waals surface area contributed by atoms with Gasteiger partial charge in [-0.25, -0.2) is 0 Å². The molecule has 0 aliphatic heterocycles. The average Bonchev–Trinajstić information content (AvgIpc) is 2.97. The van der Waals surface area contributed by atoms with Crippen molar-refractivity contribution in [1.29, 1.82) is 5.26 Å². The van der Waals surface area contributed by atoms with E-state index in [9.17, 15) is 18.0 Å². The van der Waals surface area contributed by atoms with E-state index in [1.54, 1.807) is 17.5 Å². The van der Waals surface area contributed by atoms with Crippen molar-refractivity contribution in [3.05, 3.63) is 32.9 Å². The number of halogens is 3. The second-order valence-corrected chi connectivity index (χ2v) is 6.67. The molecule has 120 valence electrons. The Labute approximate surface area is 136 Å². The summed E-state index contributed by atoms with van der Waals surface area (Å²) in [5, 5.41) is 10.9. The van der Waals surface area contributed by atoms with E-state index in [1.807, 2.05) is 13.0 Å². The first-order valence-electron chi connectivity index (χ1n) is 6.82. The van der Waals surface area contributed by atoms with Crippen molar-refractivity contribution in [2.45, 2.75) is 44.5 Å².